The molecule has 0 saturated heterocycles. The van der Waals surface area contributed by atoms with Crippen LogP contribution in [0.1, 0.15) is 37.4 Å². The normalized spacial score (nSPS) is 15.8. The molecule has 14 heteroatoms. The summed E-state index contributed by atoms with van der Waals surface area (Å²) < 4.78 is 0. The number of fused-ring (bicyclic) bond motifs is 1. The number of nitrogens with zero attached hydrogens (tertiary/aromatic N) is 1. The molecule has 11 N–H and O–H groups in total. The van der Waals surface area contributed by atoms with Crippen molar-refractivity contribution in [2.75, 3.05) is 19.6 Å². The number of aromatic nitrogens is 1. The van der Waals surface area contributed by atoms with E-state index in [2.05, 4.69) is 20.9 Å². The molecule has 2 aromatic rings. The Morgan fingerprint density at radius 2 is 1.83 bits per heavy atom. The number of carboxylic acid groups (broad SMARTS) is 1. The second-order valence-electron chi connectivity index (χ2n) is 10.5. The Morgan fingerprint density at radius 1 is 1.12 bits per heavy atom. The van der Waals surface area contributed by atoms with E-state index in [0.717, 1.165) is 27.7 Å². The molecule has 0 bridgehead atoms. The summed E-state index contributed by atoms with van der Waals surface area (Å²) in [6.07, 6.45) is 1.12. The maximum absolute atomic E-state index is 13.0. The first-order valence-corrected chi connectivity index (χ1v) is 13.7. The number of carbonyl (C=O) groups excluding carboxylic acids is 3. The van der Waals surface area contributed by atoms with Crippen LogP contribution in [-0.4, -0.2) is 93.6 Å². The summed E-state index contributed by atoms with van der Waals surface area (Å²) in [4.78, 5) is 54.7. The van der Waals surface area contributed by atoms with E-state index in [4.69, 9.17) is 16.9 Å². The minimum atomic E-state index is -1.23. The largest absolute Gasteiger partial charge is 0.480 e. The van der Waals surface area contributed by atoms with Crippen molar-refractivity contribution in [1.82, 2.24) is 25.8 Å². The van der Waals surface area contributed by atoms with Crippen LogP contribution >= 0.6 is 0 Å². The second-order valence-corrected chi connectivity index (χ2v) is 10.5. The van der Waals surface area contributed by atoms with Crippen LogP contribution in [0, 0.1) is 12.3 Å². The number of nitrogens with two attached hydrogens (primary N) is 2. The summed E-state index contributed by atoms with van der Waals surface area (Å²) in [6, 6.07) is 4.25. The first-order chi connectivity index (χ1) is 19.9. The van der Waals surface area contributed by atoms with Gasteiger partial charge in [-0.25, -0.2) is 4.79 Å². The van der Waals surface area contributed by atoms with Crippen molar-refractivity contribution in [1.29, 1.82) is 5.41 Å². The summed E-state index contributed by atoms with van der Waals surface area (Å²) in [5.41, 5.74) is 14.6. The van der Waals surface area contributed by atoms with Gasteiger partial charge >= 0.3 is 5.97 Å². The number of H-pyrrole nitrogens is 1. The minimum absolute atomic E-state index is 0.0294. The Hall–Kier alpha value is -4.43. The predicted octanol–water partition coefficient (Wildman–Crippen LogP) is -0.797. The van der Waals surface area contributed by atoms with Gasteiger partial charge in [-0.1, -0.05) is 29.8 Å². The van der Waals surface area contributed by atoms with Crippen LogP contribution in [0.15, 0.2) is 35.9 Å². The number of rotatable bonds is 14. The number of nitrogens with one attached hydrogen (secondary N) is 5. The van der Waals surface area contributed by atoms with Crippen molar-refractivity contribution >= 4 is 40.6 Å². The number of carboxylic acids is 1. The Morgan fingerprint density at radius 3 is 2.45 bits per heavy atom. The zero-order chi connectivity index (χ0) is 31.0. The van der Waals surface area contributed by atoms with Crippen molar-refractivity contribution in [2.45, 2.75) is 63.8 Å². The predicted molar refractivity (Wildman–Crippen MR) is 156 cm³/mol. The summed E-state index contributed by atoms with van der Waals surface area (Å²) in [6.45, 7) is 4.10. The van der Waals surface area contributed by atoms with Gasteiger partial charge in [-0.05, 0) is 38.3 Å². The number of carbonyl (C=O) groups is 4. The minimum Gasteiger partial charge on any atom is -0.480 e. The third kappa shape index (κ3) is 8.54. The molecule has 0 spiro atoms. The number of hydrogen-bond donors (Lipinski definition) is 9. The van der Waals surface area contributed by atoms with E-state index in [9.17, 15) is 29.4 Å². The number of aryl methyl sites for hydroxylation is 1. The molecule has 3 rings (SSSR count). The number of aliphatic hydroxyl groups is 1. The second kappa shape index (κ2) is 14.5. The SMILES string of the molecule is Cc1c(CC(NC(=O)CCCNC(=O)C(CC2=CCN(C(=N)N)C2)NC(=O)C(N)C(C)O)C(=O)O)[nH]c2ccccc12. The van der Waals surface area contributed by atoms with Gasteiger partial charge in [-0.15, -0.1) is 0 Å². The molecule has 14 nitrogen and oxygen atoms in total. The van der Waals surface area contributed by atoms with Gasteiger partial charge in [0.15, 0.2) is 5.96 Å². The van der Waals surface area contributed by atoms with Gasteiger partial charge in [0, 0.05) is 49.1 Å². The quantitative estimate of drug-likeness (QED) is 0.0584. The lowest BCUT2D eigenvalue weighted by molar-refractivity contribution is -0.141. The molecule has 1 aromatic heterocycles. The van der Waals surface area contributed by atoms with Crippen LogP contribution in [0.2, 0.25) is 0 Å². The number of aliphatic hydroxyl groups excluding tert-OH is 1. The van der Waals surface area contributed by atoms with E-state index in [1.807, 2.05) is 37.3 Å². The van der Waals surface area contributed by atoms with E-state index in [0.29, 0.717) is 13.1 Å². The standard InChI is InChI=1S/C28H40N8O6/c1-15-18-6-3-4-7-19(18)33-20(15)13-22(27(41)42)34-23(38)8-5-10-32-25(39)21(35-26(40)24(29)16(2)37)12-17-9-11-36(14-17)28(30)31/h3-4,6-7,9,16,21-22,24,33,37H,5,8,10-14,29H2,1-2H3,(H3,30,31)(H,32,39)(H,34,38)(H,35,40)(H,41,42). The fourth-order valence-corrected chi connectivity index (χ4v) is 4.70. The monoisotopic (exact) mass is 584 g/mol. The van der Waals surface area contributed by atoms with Crippen LogP contribution in [0.3, 0.4) is 0 Å². The number of amides is 3. The topological polar surface area (TPSA) is 240 Å². The van der Waals surface area contributed by atoms with E-state index in [1.165, 1.54) is 6.92 Å². The lowest BCUT2D eigenvalue weighted by Crippen LogP contribution is -2.54. The van der Waals surface area contributed by atoms with Crippen molar-refractivity contribution in [3.63, 3.8) is 0 Å². The van der Waals surface area contributed by atoms with Gasteiger partial charge in [-0.3, -0.25) is 19.8 Å². The zero-order valence-electron chi connectivity index (χ0n) is 23.8. The van der Waals surface area contributed by atoms with Crippen molar-refractivity contribution in [3.8, 4) is 0 Å². The first-order valence-electron chi connectivity index (χ1n) is 13.7. The van der Waals surface area contributed by atoms with Gasteiger partial charge in [0.25, 0.3) is 0 Å². The highest BCUT2D eigenvalue weighted by molar-refractivity contribution is 5.90. The lowest BCUT2D eigenvalue weighted by Gasteiger charge is -2.23. The Kier molecular flexibility index (Phi) is 11.0. The van der Waals surface area contributed by atoms with Gasteiger partial charge < -0.3 is 47.5 Å². The van der Waals surface area contributed by atoms with Gasteiger partial charge in [-0.2, -0.15) is 0 Å². The smallest absolute Gasteiger partial charge is 0.326 e. The highest BCUT2D eigenvalue weighted by Crippen LogP contribution is 2.22. The lowest BCUT2D eigenvalue weighted by atomic mass is 10.0. The summed E-state index contributed by atoms with van der Waals surface area (Å²) >= 11 is 0. The molecule has 1 aromatic carbocycles. The number of aliphatic carboxylic acids is 1. The molecule has 0 saturated carbocycles. The third-order valence-electron chi connectivity index (χ3n) is 7.25. The van der Waals surface area contributed by atoms with Gasteiger partial charge in [0.2, 0.25) is 17.7 Å². The fourth-order valence-electron chi connectivity index (χ4n) is 4.70. The third-order valence-corrected chi connectivity index (χ3v) is 7.25. The first kappa shape index (κ1) is 32.1. The summed E-state index contributed by atoms with van der Waals surface area (Å²) in [5, 5.41) is 35.7. The average Bonchev–Trinajstić information content (AvgIpc) is 3.54. The van der Waals surface area contributed by atoms with E-state index >= 15 is 0 Å². The highest BCUT2D eigenvalue weighted by Gasteiger charge is 2.28. The van der Waals surface area contributed by atoms with E-state index in [-0.39, 0.29) is 38.2 Å². The summed E-state index contributed by atoms with van der Waals surface area (Å²) in [7, 11) is 0. The van der Waals surface area contributed by atoms with Crippen molar-refractivity contribution in [3.05, 3.63) is 47.2 Å². The molecule has 4 unspecified atom stereocenters. The van der Waals surface area contributed by atoms with E-state index < -0.39 is 47.9 Å². The molecule has 0 aliphatic carbocycles. The fraction of sp³-hybridized carbons (Fsp3) is 0.464. The van der Waals surface area contributed by atoms with E-state index in [1.54, 1.807) is 4.90 Å². The molecule has 1 aliphatic heterocycles. The Labute approximate surface area is 243 Å². The number of hydrogen-bond acceptors (Lipinski definition) is 7. The average molecular weight is 585 g/mol. The summed E-state index contributed by atoms with van der Waals surface area (Å²) in [5.74, 6) is -2.95. The molecule has 3 amide bonds. The van der Waals surface area contributed by atoms with Crippen LogP contribution in [-0.2, 0) is 25.6 Å². The van der Waals surface area contributed by atoms with Crippen LogP contribution in [0.5, 0.6) is 0 Å². The maximum atomic E-state index is 13.0. The number of benzene rings is 1. The van der Waals surface area contributed by atoms with Crippen molar-refractivity contribution in [2.24, 2.45) is 11.5 Å². The van der Waals surface area contributed by atoms with Gasteiger partial charge in [0.1, 0.15) is 18.1 Å². The molecule has 0 radical (unpaired) electrons. The number of guanidine groups is 1. The number of para-hydroxylation sites is 1. The zero-order valence-corrected chi connectivity index (χ0v) is 23.8. The molecule has 0 fully saturated rings. The number of aromatic amines is 1. The van der Waals surface area contributed by atoms with Crippen LogP contribution < -0.4 is 27.4 Å². The maximum Gasteiger partial charge on any atom is 0.326 e. The molecule has 1 aliphatic rings. The van der Waals surface area contributed by atoms with Crippen LogP contribution in [0.4, 0.5) is 0 Å². The van der Waals surface area contributed by atoms with Crippen LogP contribution in [0.25, 0.3) is 10.9 Å². The molecule has 2 heterocycles. The molecule has 228 valence electrons. The molecular formula is C28H40N8O6. The Bertz CT molecular complexity index is 1350. The molecular weight excluding hydrogens is 544 g/mol. The molecule has 42 heavy (non-hydrogen) atoms. The molecule has 4 atom stereocenters. The highest BCUT2D eigenvalue weighted by atomic mass is 16.4. The Balaban J connectivity index is 1.52. The van der Waals surface area contributed by atoms with Crippen molar-refractivity contribution < 1.29 is 29.4 Å². The van der Waals surface area contributed by atoms with Gasteiger partial charge in [0.05, 0.1) is 6.10 Å².